The van der Waals surface area contributed by atoms with Gasteiger partial charge < -0.3 is 11.1 Å². The van der Waals surface area contributed by atoms with Gasteiger partial charge in [-0.3, -0.25) is 0 Å². The summed E-state index contributed by atoms with van der Waals surface area (Å²) in [6, 6.07) is 9.02. The van der Waals surface area contributed by atoms with Gasteiger partial charge in [0.05, 0.1) is 0 Å². The summed E-state index contributed by atoms with van der Waals surface area (Å²) in [5, 5.41) is 4.28. The van der Waals surface area contributed by atoms with Crippen molar-refractivity contribution < 1.29 is 0 Å². The fraction of sp³-hybridized carbons (Fsp3) is 0.0833. The van der Waals surface area contributed by atoms with Gasteiger partial charge in [-0.15, -0.1) is 0 Å². The van der Waals surface area contributed by atoms with Crippen LogP contribution >= 0.6 is 23.2 Å². The zero-order valence-corrected chi connectivity index (χ0v) is 10.5. The number of hydrogen-bond donors (Lipinski definition) is 2. The van der Waals surface area contributed by atoms with Crippen LogP contribution in [0.1, 0.15) is 5.56 Å². The molecule has 0 unspecified atom stereocenters. The summed E-state index contributed by atoms with van der Waals surface area (Å²) < 4.78 is 0. The first-order chi connectivity index (χ1) is 8.17. The first-order valence-corrected chi connectivity index (χ1v) is 5.81. The second-order valence-electron chi connectivity index (χ2n) is 3.54. The third kappa shape index (κ3) is 3.33. The summed E-state index contributed by atoms with van der Waals surface area (Å²) in [6.45, 7) is 0.482. The lowest BCUT2D eigenvalue weighted by Crippen LogP contribution is -1.98. The van der Waals surface area contributed by atoms with Gasteiger partial charge in [0.25, 0.3) is 0 Å². The monoisotopic (exact) mass is 267 g/mol. The van der Waals surface area contributed by atoms with Gasteiger partial charge in [0.2, 0.25) is 0 Å². The molecule has 2 aromatic rings. The lowest BCUT2D eigenvalue weighted by atomic mass is 10.3. The lowest BCUT2D eigenvalue weighted by Gasteiger charge is -2.07. The first kappa shape index (κ1) is 12.2. The van der Waals surface area contributed by atoms with Crippen molar-refractivity contribution >= 4 is 34.7 Å². The van der Waals surface area contributed by atoms with Crippen LogP contribution in [0.15, 0.2) is 36.5 Å². The largest absolute Gasteiger partial charge is 0.340 e. The topological polar surface area (TPSA) is 50.9 Å². The van der Waals surface area contributed by atoms with Crippen LogP contribution in [0.4, 0.5) is 11.5 Å². The van der Waals surface area contributed by atoms with Crippen molar-refractivity contribution in [2.24, 2.45) is 5.73 Å². The molecule has 0 amide bonds. The maximum Gasteiger partial charge on any atom is 0.130 e. The van der Waals surface area contributed by atoms with Gasteiger partial charge in [0.1, 0.15) is 5.82 Å². The highest BCUT2D eigenvalue weighted by atomic mass is 35.5. The predicted molar refractivity (Wildman–Crippen MR) is 71.9 cm³/mol. The number of nitrogens with two attached hydrogens (primary N) is 1. The Balaban J connectivity index is 2.19. The molecule has 0 atom stereocenters. The average Bonchev–Trinajstić information content (AvgIpc) is 2.28. The van der Waals surface area contributed by atoms with Crippen molar-refractivity contribution in [3.63, 3.8) is 0 Å². The Kier molecular flexibility index (Phi) is 3.84. The van der Waals surface area contributed by atoms with Gasteiger partial charge in [-0.25, -0.2) is 4.98 Å². The summed E-state index contributed by atoms with van der Waals surface area (Å²) in [7, 11) is 0. The summed E-state index contributed by atoms with van der Waals surface area (Å²) in [5.74, 6) is 0.723. The third-order valence-electron chi connectivity index (χ3n) is 2.20. The van der Waals surface area contributed by atoms with E-state index >= 15 is 0 Å². The Morgan fingerprint density at radius 2 is 1.82 bits per heavy atom. The average molecular weight is 268 g/mol. The molecule has 88 valence electrons. The Labute approximate surface area is 110 Å². The molecule has 1 heterocycles. The van der Waals surface area contributed by atoms with Crippen molar-refractivity contribution in [3.8, 4) is 0 Å². The van der Waals surface area contributed by atoms with Crippen molar-refractivity contribution in [1.82, 2.24) is 4.98 Å². The summed E-state index contributed by atoms with van der Waals surface area (Å²) >= 11 is 11.8. The first-order valence-electron chi connectivity index (χ1n) is 5.05. The van der Waals surface area contributed by atoms with Crippen molar-refractivity contribution in [1.29, 1.82) is 0 Å². The van der Waals surface area contributed by atoms with Crippen LogP contribution in [0.3, 0.4) is 0 Å². The van der Waals surface area contributed by atoms with E-state index < -0.39 is 0 Å². The van der Waals surface area contributed by atoms with Crippen LogP contribution in [0, 0.1) is 0 Å². The van der Waals surface area contributed by atoms with Crippen LogP contribution < -0.4 is 11.1 Å². The highest BCUT2D eigenvalue weighted by molar-refractivity contribution is 6.35. The Bertz CT molecular complexity index is 491. The van der Waals surface area contributed by atoms with Gasteiger partial charge in [-0.05, 0) is 29.8 Å². The van der Waals surface area contributed by atoms with E-state index in [0.29, 0.717) is 16.6 Å². The van der Waals surface area contributed by atoms with Crippen LogP contribution in [-0.4, -0.2) is 4.98 Å². The van der Waals surface area contributed by atoms with Crippen LogP contribution in [0.2, 0.25) is 10.0 Å². The maximum atomic E-state index is 5.90. The minimum Gasteiger partial charge on any atom is -0.340 e. The molecule has 1 aromatic carbocycles. The number of nitrogens with one attached hydrogen (secondary N) is 1. The van der Waals surface area contributed by atoms with E-state index in [4.69, 9.17) is 28.9 Å². The molecule has 0 aliphatic carbocycles. The van der Waals surface area contributed by atoms with Gasteiger partial charge in [-0.1, -0.05) is 29.3 Å². The fourth-order valence-electron chi connectivity index (χ4n) is 1.39. The number of anilines is 2. The zero-order valence-electron chi connectivity index (χ0n) is 8.95. The minimum atomic E-state index is 0.482. The van der Waals surface area contributed by atoms with E-state index in [9.17, 15) is 0 Å². The van der Waals surface area contributed by atoms with E-state index in [1.165, 1.54) is 0 Å². The molecule has 0 saturated carbocycles. The number of benzene rings is 1. The maximum absolute atomic E-state index is 5.90. The van der Waals surface area contributed by atoms with E-state index in [1.54, 1.807) is 24.4 Å². The second kappa shape index (κ2) is 5.36. The molecule has 0 bridgehead atoms. The van der Waals surface area contributed by atoms with E-state index in [0.717, 1.165) is 17.1 Å². The Hall–Kier alpha value is -1.29. The molecule has 17 heavy (non-hydrogen) atoms. The molecule has 0 fully saturated rings. The van der Waals surface area contributed by atoms with E-state index in [2.05, 4.69) is 10.3 Å². The molecule has 5 heteroatoms. The highest BCUT2D eigenvalue weighted by Crippen LogP contribution is 2.24. The van der Waals surface area contributed by atoms with Gasteiger partial charge in [0, 0.05) is 28.5 Å². The summed E-state index contributed by atoms with van der Waals surface area (Å²) in [6.07, 6.45) is 1.73. The molecule has 3 N–H and O–H groups in total. The molecular weight excluding hydrogens is 257 g/mol. The number of aromatic nitrogens is 1. The van der Waals surface area contributed by atoms with Crippen molar-refractivity contribution in [3.05, 3.63) is 52.1 Å². The summed E-state index contributed by atoms with van der Waals surface area (Å²) in [4.78, 5) is 4.23. The van der Waals surface area contributed by atoms with Gasteiger partial charge in [-0.2, -0.15) is 0 Å². The van der Waals surface area contributed by atoms with Crippen LogP contribution in [0.25, 0.3) is 0 Å². The van der Waals surface area contributed by atoms with Gasteiger partial charge >= 0.3 is 0 Å². The van der Waals surface area contributed by atoms with Crippen molar-refractivity contribution in [2.75, 3.05) is 5.32 Å². The highest BCUT2D eigenvalue weighted by Gasteiger charge is 2.00. The number of pyridine rings is 1. The van der Waals surface area contributed by atoms with Crippen LogP contribution in [-0.2, 0) is 6.54 Å². The minimum absolute atomic E-state index is 0.482. The third-order valence-corrected chi connectivity index (χ3v) is 2.63. The van der Waals surface area contributed by atoms with Gasteiger partial charge in [0.15, 0.2) is 0 Å². The van der Waals surface area contributed by atoms with E-state index in [1.807, 2.05) is 12.1 Å². The standard InChI is InChI=1S/C12H11Cl2N3/c13-9-3-10(14)5-11(4-9)17-12-2-1-8(6-15)7-16-12/h1-5,7H,6,15H2,(H,16,17). The number of rotatable bonds is 3. The summed E-state index contributed by atoms with van der Waals surface area (Å²) in [5.41, 5.74) is 7.28. The SMILES string of the molecule is NCc1ccc(Nc2cc(Cl)cc(Cl)c2)nc1. The molecule has 2 rings (SSSR count). The lowest BCUT2D eigenvalue weighted by molar-refractivity contribution is 1.05. The number of nitrogens with zero attached hydrogens (tertiary/aromatic N) is 1. The molecule has 3 nitrogen and oxygen atoms in total. The molecule has 0 radical (unpaired) electrons. The second-order valence-corrected chi connectivity index (χ2v) is 4.41. The fourth-order valence-corrected chi connectivity index (χ4v) is 1.92. The molecule has 0 aliphatic heterocycles. The number of halogens is 2. The predicted octanol–water partition coefficient (Wildman–Crippen LogP) is 3.59. The molecule has 1 aromatic heterocycles. The normalized spacial score (nSPS) is 10.3. The quantitative estimate of drug-likeness (QED) is 0.894. The van der Waals surface area contributed by atoms with Crippen molar-refractivity contribution in [2.45, 2.75) is 6.54 Å². The molecule has 0 spiro atoms. The Morgan fingerprint density at radius 1 is 1.12 bits per heavy atom. The smallest absolute Gasteiger partial charge is 0.130 e. The van der Waals surface area contributed by atoms with E-state index in [-0.39, 0.29) is 0 Å². The van der Waals surface area contributed by atoms with Crippen LogP contribution in [0.5, 0.6) is 0 Å². The molecule has 0 aliphatic rings. The zero-order chi connectivity index (χ0) is 12.3. The number of hydrogen-bond acceptors (Lipinski definition) is 3. The molecular formula is C12H11Cl2N3. The molecule has 0 saturated heterocycles. The Morgan fingerprint density at radius 3 is 2.35 bits per heavy atom.